The molecule has 0 amide bonds. The Labute approximate surface area is 98.6 Å². The van der Waals surface area contributed by atoms with Crippen LogP contribution < -0.4 is 0 Å². The Bertz CT molecular complexity index is 557. The number of phenolic OH excluding ortho intramolecular Hbond substituents is 1. The summed E-state index contributed by atoms with van der Waals surface area (Å²) in [5, 5.41) is 18.2. The van der Waals surface area contributed by atoms with E-state index in [1.807, 2.05) is 0 Å². The van der Waals surface area contributed by atoms with Gasteiger partial charge in [-0.15, -0.1) is 0 Å². The highest BCUT2D eigenvalue weighted by Gasteiger charge is 2.53. The van der Waals surface area contributed by atoms with E-state index in [-0.39, 0.29) is 10.6 Å². The van der Waals surface area contributed by atoms with Crippen molar-refractivity contribution >= 4 is 15.8 Å². The van der Waals surface area contributed by atoms with Crippen molar-refractivity contribution in [2.75, 3.05) is 5.75 Å². The van der Waals surface area contributed by atoms with Gasteiger partial charge in [-0.1, -0.05) is 6.07 Å². The zero-order chi connectivity index (χ0) is 12.7. The molecule has 6 heteroatoms. The molecule has 1 fully saturated rings. The van der Waals surface area contributed by atoms with Gasteiger partial charge in [0, 0.05) is 0 Å². The van der Waals surface area contributed by atoms with Crippen LogP contribution in [0.5, 0.6) is 5.75 Å². The van der Waals surface area contributed by atoms with Crippen LogP contribution in [-0.4, -0.2) is 30.4 Å². The van der Waals surface area contributed by atoms with Crippen LogP contribution in [0.15, 0.2) is 29.2 Å². The van der Waals surface area contributed by atoms with Gasteiger partial charge in [0.15, 0.2) is 9.84 Å². The van der Waals surface area contributed by atoms with Crippen LogP contribution in [0.25, 0.3) is 0 Å². The van der Waals surface area contributed by atoms with E-state index in [0.717, 1.165) is 6.07 Å². The standard InChI is InChI=1S/C11H12O5S/c12-8-2-1-3-9(6-8)17(15,16)7-11(4-5-11)10(13)14/h1-3,6,12H,4-5,7H2,(H,13,14). The van der Waals surface area contributed by atoms with Crippen LogP contribution >= 0.6 is 0 Å². The van der Waals surface area contributed by atoms with Crippen molar-refractivity contribution in [2.45, 2.75) is 17.7 Å². The van der Waals surface area contributed by atoms with Crippen molar-refractivity contribution in [3.8, 4) is 5.75 Å². The van der Waals surface area contributed by atoms with Gasteiger partial charge < -0.3 is 10.2 Å². The minimum Gasteiger partial charge on any atom is -0.508 e. The van der Waals surface area contributed by atoms with E-state index >= 15 is 0 Å². The first-order valence-electron chi connectivity index (χ1n) is 5.11. The summed E-state index contributed by atoms with van der Waals surface area (Å²) >= 11 is 0. The summed E-state index contributed by atoms with van der Waals surface area (Å²) in [6.45, 7) is 0. The molecule has 5 nitrogen and oxygen atoms in total. The highest BCUT2D eigenvalue weighted by atomic mass is 32.2. The predicted octanol–water partition coefficient (Wildman–Crippen LogP) is 1.03. The highest BCUT2D eigenvalue weighted by Crippen LogP contribution is 2.47. The molecule has 0 heterocycles. The predicted molar refractivity (Wildman–Crippen MR) is 59.5 cm³/mol. The third kappa shape index (κ3) is 2.26. The average Bonchev–Trinajstić information content (AvgIpc) is 2.98. The van der Waals surface area contributed by atoms with Gasteiger partial charge in [-0.2, -0.15) is 0 Å². The molecule has 1 aliphatic carbocycles. The summed E-state index contributed by atoms with van der Waals surface area (Å²) in [6.07, 6.45) is 0.779. The fraction of sp³-hybridized carbons (Fsp3) is 0.364. The largest absolute Gasteiger partial charge is 0.508 e. The number of carbonyl (C=O) groups is 1. The number of carboxylic acids is 1. The molecule has 0 radical (unpaired) electrons. The number of aliphatic carboxylic acids is 1. The molecule has 0 saturated heterocycles. The molecule has 0 aromatic heterocycles. The highest BCUT2D eigenvalue weighted by molar-refractivity contribution is 7.91. The molecule has 1 aliphatic rings. The van der Waals surface area contributed by atoms with Crippen molar-refractivity contribution < 1.29 is 23.4 Å². The number of aromatic hydroxyl groups is 1. The monoisotopic (exact) mass is 256 g/mol. The zero-order valence-electron chi connectivity index (χ0n) is 8.96. The lowest BCUT2D eigenvalue weighted by atomic mass is 10.1. The Morgan fingerprint density at radius 2 is 2.00 bits per heavy atom. The van der Waals surface area contributed by atoms with Crippen LogP contribution in [0, 0.1) is 5.41 Å². The Balaban J connectivity index is 2.29. The van der Waals surface area contributed by atoms with Crippen LogP contribution in [-0.2, 0) is 14.6 Å². The van der Waals surface area contributed by atoms with E-state index in [4.69, 9.17) is 5.11 Å². The third-order valence-corrected chi connectivity index (χ3v) is 4.86. The number of rotatable bonds is 4. The number of hydrogen-bond donors (Lipinski definition) is 2. The summed E-state index contributed by atoms with van der Waals surface area (Å²) in [5.41, 5.74) is -1.12. The van der Waals surface area contributed by atoms with Gasteiger partial charge in [-0.3, -0.25) is 4.79 Å². The molecule has 1 saturated carbocycles. The third-order valence-electron chi connectivity index (χ3n) is 2.95. The SMILES string of the molecule is O=C(O)C1(CS(=O)(=O)c2cccc(O)c2)CC1. The Morgan fingerprint density at radius 1 is 1.35 bits per heavy atom. The summed E-state index contributed by atoms with van der Waals surface area (Å²) < 4.78 is 23.9. The van der Waals surface area contributed by atoms with Crippen LogP contribution in [0.4, 0.5) is 0 Å². The number of carboxylic acid groups (broad SMARTS) is 1. The second kappa shape index (κ2) is 3.73. The van der Waals surface area contributed by atoms with Gasteiger partial charge in [-0.05, 0) is 31.0 Å². The van der Waals surface area contributed by atoms with Gasteiger partial charge in [0.05, 0.1) is 16.1 Å². The first kappa shape index (κ1) is 11.9. The fourth-order valence-electron chi connectivity index (χ4n) is 1.69. The lowest BCUT2D eigenvalue weighted by Gasteiger charge is -2.10. The molecule has 0 spiro atoms. The molecule has 1 aromatic carbocycles. The van der Waals surface area contributed by atoms with Crippen LogP contribution in [0.1, 0.15) is 12.8 Å². The Morgan fingerprint density at radius 3 is 2.47 bits per heavy atom. The van der Waals surface area contributed by atoms with E-state index in [0.29, 0.717) is 12.8 Å². The average molecular weight is 256 g/mol. The van der Waals surface area contributed by atoms with E-state index < -0.39 is 27.0 Å². The lowest BCUT2D eigenvalue weighted by Crippen LogP contribution is -2.25. The number of sulfone groups is 1. The van der Waals surface area contributed by atoms with E-state index in [2.05, 4.69) is 0 Å². The fourth-order valence-corrected chi connectivity index (χ4v) is 3.59. The van der Waals surface area contributed by atoms with E-state index in [1.165, 1.54) is 18.2 Å². The summed E-state index contributed by atoms with van der Waals surface area (Å²) in [6, 6.07) is 5.27. The molecule has 0 atom stereocenters. The maximum atomic E-state index is 12.0. The second-order valence-corrected chi connectivity index (χ2v) is 6.33. The number of hydrogen-bond acceptors (Lipinski definition) is 4. The maximum absolute atomic E-state index is 12.0. The van der Waals surface area contributed by atoms with E-state index in [1.54, 1.807) is 0 Å². The topological polar surface area (TPSA) is 91.7 Å². The minimum atomic E-state index is -3.66. The molecule has 1 aromatic rings. The molecule has 2 rings (SSSR count). The minimum absolute atomic E-state index is 0.0370. The molecule has 0 unspecified atom stereocenters. The molecule has 0 bridgehead atoms. The van der Waals surface area contributed by atoms with Crippen molar-refractivity contribution in [1.82, 2.24) is 0 Å². The lowest BCUT2D eigenvalue weighted by molar-refractivity contribution is -0.142. The quantitative estimate of drug-likeness (QED) is 0.839. The molecule has 0 aliphatic heterocycles. The second-order valence-electron chi connectivity index (χ2n) is 4.34. The van der Waals surface area contributed by atoms with Crippen LogP contribution in [0.2, 0.25) is 0 Å². The maximum Gasteiger partial charge on any atom is 0.310 e. The molecular formula is C11H12O5S. The molecule has 17 heavy (non-hydrogen) atoms. The normalized spacial score (nSPS) is 17.6. The van der Waals surface area contributed by atoms with Gasteiger partial charge in [-0.25, -0.2) is 8.42 Å². The van der Waals surface area contributed by atoms with Crippen molar-refractivity contribution in [1.29, 1.82) is 0 Å². The summed E-state index contributed by atoms with van der Waals surface area (Å²) in [4.78, 5) is 10.9. The Kier molecular flexibility index (Phi) is 2.61. The molecular weight excluding hydrogens is 244 g/mol. The summed E-state index contributed by atoms with van der Waals surface area (Å²) in [7, 11) is -3.66. The number of benzene rings is 1. The smallest absolute Gasteiger partial charge is 0.310 e. The van der Waals surface area contributed by atoms with Crippen LogP contribution in [0.3, 0.4) is 0 Å². The first-order valence-corrected chi connectivity index (χ1v) is 6.76. The summed E-state index contributed by atoms with van der Waals surface area (Å²) in [5.74, 6) is -1.62. The molecule has 2 N–H and O–H groups in total. The van der Waals surface area contributed by atoms with Gasteiger partial charge in [0.25, 0.3) is 0 Å². The zero-order valence-corrected chi connectivity index (χ0v) is 9.77. The van der Waals surface area contributed by atoms with Gasteiger partial charge >= 0.3 is 5.97 Å². The van der Waals surface area contributed by atoms with Crippen molar-refractivity contribution in [3.05, 3.63) is 24.3 Å². The van der Waals surface area contributed by atoms with Gasteiger partial charge in [0.1, 0.15) is 5.75 Å². The van der Waals surface area contributed by atoms with Gasteiger partial charge in [0.2, 0.25) is 0 Å². The molecule has 92 valence electrons. The van der Waals surface area contributed by atoms with Crippen molar-refractivity contribution in [2.24, 2.45) is 5.41 Å². The van der Waals surface area contributed by atoms with Crippen molar-refractivity contribution in [3.63, 3.8) is 0 Å². The number of phenols is 1. The first-order chi connectivity index (χ1) is 7.86. The van der Waals surface area contributed by atoms with E-state index in [9.17, 15) is 18.3 Å². The Hall–Kier alpha value is -1.56.